The predicted molar refractivity (Wildman–Crippen MR) is 148 cm³/mol. The summed E-state index contributed by atoms with van der Waals surface area (Å²) in [6, 6.07) is 0.871. The molecule has 6 aliphatic heterocycles. The van der Waals surface area contributed by atoms with Gasteiger partial charge in [0.05, 0.1) is 0 Å². The maximum Gasteiger partial charge on any atom is 0.00954 e. The SMILES string of the molecule is C1=CCCCCN2C[C@H]3CC[C@@H]2CCCCC=CCCCCN2CC[C@H]3[C@H](CCCCCC1)C2. The van der Waals surface area contributed by atoms with Gasteiger partial charge in [0.15, 0.2) is 0 Å². The standard InChI is InChI=1S/C32H56N2/c1-2-5-10-14-18-25-34-28-30-21-22-31(34)20-16-12-8-4-6-9-13-17-24-33-26-23-32(30)29(27-33)19-15-11-7-3-1/h2,4-6,29-32H,1,3,7-28H2/t29-,30-,31+,32+/m1/s1. The summed E-state index contributed by atoms with van der Waals surface area (Å²) in [5, 5.41) is 0. The van der Waals surface area contributed by atoms with Gasteiger partial charge in [-0.15, -0.1) is 0 Å². The van der Waals surface area contributed by atoms with Crippen LogP contribution in [-0.2, 0) is 0 Å². The number of fused-ring (bicyclic) bond motifs is 1. The van der Waals surface area contributed by atoms with Gasteiger partial charge in [-0.3, -0.25) is 0 Å². The van der Waals surface area contributed by atoms with Gasteiger partial charge in [-0.1, -0.05) is 50.0 Å². The van der Waals surface area contributed by atoms with Crippen molar-refractivity contribution in [3.63, 3.8) is 0 Å². The molecule has 0 aromatic heterocycles. The number of rotatable bonds is 0. The van der Waals surface area contributed by atoms with E-state index in [1.165, 1.54) is 155 Å². The molecule has 2 nitrogen and oxygen atoms in total. The Balaban J connectivity index is 1.47. The summed E-state index contributed by atoms with van der Waals surface area (Å²) in [6.45, 7) is 6.91. The Morgan fingerprint density at radius 2 is 1.06 bits per heavy atom. The molecule has 6 bridgehead atoms. The molecule has 0 aliphatic carbocycles. The van der Waals surface area contributed by atoms with Crippen LogP contribution in [0.4, 0.5) is 0 Å². The van der Waals surface area contributed by atoms with Crippen molar-refractivity contribution in [1.82, 2.24) is 9.80 Å². The Kier molecular flexibility index (Phi) is 12.1. The first kappa shape index (κ1) is 26.5. The van der Waals surface area contributed by atoms with Gasteiger partial charge in [-0.2, -0.15) is 0 Å². The van der Waals surface area contributed by atoms with Crippen LogP contribution in [0.1, 0.15) is 122 Å². The normalized spacial score (nSPS) is 37.9. The fourth-order valence-corrected chi connectivity index (χ4v) is 7.65. The molecule has 0 N–H and O–H groups in total. The average Bonchev–Trinajstić information content (AvgIpc) is 2.86. The van der Waals surface area contributed by atoms with Crippen LogP contribution in [0.5, 0.6) is 0 Å². The lowest BCUT2D eigenvalue weighted by atomic mass is 9.70. The van der Waals surface area contributed by atoms with Crippen LogP contribution in [0, 0.1) is 17.8 Å². The van der Waals surface area contributed by atoms with E-state index in [1.54, 1.807) is 0 Å². The summed E-state index contributed by atoms with van der Waals surface area (Å²) in [7, 11) is 0. The molecule has 2 unspecified atom stereocenters. The number of hydrogen-bond acceptors (Lipinski definition) is 2. The lowest BCUT2D eigenvalue weighted by Crippen LogP contribution is -2.50. The van der Waals surface area contributed by atoms with Crippen molar-refractivity contribution in [2.75, 3.05) is 32.7 Å². The highest BCUT2D eigenvalue weighted by atomic mass is 15.2. The molecule has 0 aromatic rings. The molecule has 0 amide bonds. The zero-order valence-corrected chi connectivity index (χ0v) is 22.5. The first-order chi connectivity index (χ1) is 16.9. The van der Waals surface area contributed by atoms with Crippen LogP contribution >= 0.6 is 0 Å². The monoisotopic (exact) mass is 468 g/mol. The van der Waals surface area contributed by atoms with E-state index in [2.05, 4.69) is 34.1 Å². The van der Waals surface area contributed by atoms with Gasteiger partial charge in [0.2, 0.25) is 0 Å². The van der Waals surface area contributed by atoms with Crippen molar-refractivity contribution < 1.29 is 0 Å². The second-order valence-electron chi connectivity index (χ2n) is 12.2. The minimum atomic E-state index is 0.871. The first-order valence-corrected chi connectivity index (χ1v) is 15.7. The van der Waals surface area contributed by atoms with E-state index in [4.69, 9.17) is 0 Å². The number of allylic oxidation sites excluding steroid dienone is 4. The van der Waals surface area contributed by atoms with Gasteiger partial charge < -0.3 is 9.80 Å². The molecule has 2 saturated heterocycles. The lowest BCUT2D eigenvalue weighted by molar-refractivity contribution is 0.0159. The molecule has 2 fully saturated rings. The smallest absolute Gasteiger partial charge is 0.00954 e. The third-order valence-electron chi connectivity index (χ3n) is 9.69. The van der Waals surface area contributed by atoms with Crippen LogP contribution < -0.4 is 0 Å². The molecule has 6 atom stereocenters. The van der Waals surface area contributed by atoms with Gasteiger partial charge in [0, 0.05) is 19.1 Å². The highest BCUT2D eigenvalue weighted by Gasteiger charge is 2.38. The third-order valence-corrected chi connectivity index (χ3v) is 9.69. The Labute approximate surface area is 212 Å². The van der Waals surface area contributed by atoms with Crippen LogP contribution in [0.3, 0.4) is 0 Å². The molecule has 0 spiro atoms. The molecule has 0 saturated carbocycles. The Morgan fingerprint density at radius 3 is 1.85 bits per heavy atom. The van der Waals surface area contributed by atoms with E-state index in [9.17, 15) is 0 Å². The topological polar surface area (TPSA) is 6.48 Å². The van der Waals surface area contributed by atoms with Crippen LogP contribution in [0.15, 0.2) is 24.3 Å². The summed E-state index contributed by atoms with van der Waals surface area (Å²) >= 11 is 0. The maximum atomic E-state index is 3.00. The van der Waals surface area contributed by atoms with Crippen LogP contribution in [0.2, 0.25) is 0 Å². The summed E-state index contributed by atoms with van der Waals surface area (Å²) in [5.74, 6) is 2.94. The summed E-state index contributed by atoms with van der Waals surface area (Å²) in [5.41, 5.74) is 0. The van der Waals surface area contributed by atoms with Gasteiger partial charge in [0.1, 0.15) is 0 Å². The van der Waals surface area contributed by atoms with Crippen molar-refractivity contribution in [2.45, 2.75) is 128 Å². The Bertz CT molecular complexity index is 596. The van der Waals surface area contributed by atoms with E-state index in [0.29, 0.717) is 0 Å². The molecule has 6 heterocycles. The average molecular weight is 469 g/mol. The fourth-order valence-electron chi connectivity index (χ4n) is 7.65. The third kappa shape index (κ3) is 8.81. The van der Waals surface area contributed by atoms with Gasteiger partial charge in [-0.05, 0) is 134 Å². The lowest BCUT2D eigenvalue weighted by Gasteiger charge is -2.48. The minimum absolute atomic E-state index is 0.871. The summed E-state index contributed by atoms with van der Waals surface area (Å²) in [4.78, 5) is 5.86. The van der Waals surface area contributed by atoms with E-state index in [0.717, 1.165) is 23.8 Å². The van der Waals surface area contributed by atoms with E-state index in [-0.39, 0.29) is 0 Å². The van der Waals surface area contributed by atoms with Crippen LogP contribution in [0.25, 0.3) is 0 Å². The van der Waals surface area contributed by atoms with Crippen molar-refractivity contribution in [3.05, 3.63) is 24.3 Å². The molecule has 34 heavy (non-hydrogen) atoms. The van der Waals surface area contributed by atoms with Gasteiger partial charge in [0.25, 0.3) is 0 Å². The van der Waals surface area contributed by atoms with E-state index in [1.807, 2.05) is 0 Å². The molecular formula is C32H56N2. The predicted octanol–water partition coefficient (Wildman–Crippen LogP) is 8.39. The highest BCUT2D eigenvalue weighted by molar-refractivity contribution is 4.92. The van der Waals surface area contributed by atoms with E-state index >= 15 is 0 Å². The molecular weight excluding hydrogens is 412 g/mol. The Morgan fingerprint density at radius 1 is 0.441 bits per heavy atom. The maximum absolute atomic E-state index is 3.00. The van der Waals surface area contributed by atoms with Gasteiger partial charge >= 0.3 is 0 Å². The molecule has 0 aromatic carbocycles. The number of nitrogens with zero attached hydrogens (tertiary/aromatic N) is 2. The molecule has 6 rings (SSSR count). The molecule has 6 aliphatic rings. The second kappa shape index (κ2) is 15.5. The number of piperidine rings is 2. The second-order valence-corrected chi connectivity index (χ2v) is 12.2. The summed E-state index contributed by atoms with van der Waals surface area (Å²) in [6.07, 6.45) is 36.8. The minimum Gasteiger partial charge on any atom is -0.303 e. The highest BCUT2D eigenvalue weighted by Crippen LogP contribution is 2.40. The van der Waals surface area contributed by atoms with Crippen LogP contribution in [-0.4, -0.2) is 48.6 Å². The zero-order chi connectivity index (χ0) is 23.3. The largest absolute Gasteiger partial charge is 0.303 e. The molecule has 194 valence electrons. The van der Waals surface area contributed by atoms with Crippen molar-refractivity contribution >= 4 is 0 Å². The fraction of sp³-hybridized carbons (Fsp3) is 0.875. The zero-order valence-electron chi connectivity index (χ0n) is 22.5. The molecule has 2 heteroatoms. The first-order valence-electron chi connectivity index (χ1n) is 15.7. The van der Waals surface area contributed by atoms with Crippen molar-refractivity contribution in [3.8, 4) is 0 Å². The Hall–Kier alpha value is -0.600. The van der Waals surface area contributed by atoms with E-state index < -0.39 is 0 Å². The quantitative estimate of drug-likeness (QED) is 0.329. The number of hydrogen-bond donors (Lipinski definition) is 0. The molecule has 0 radical (unpaired) electrons. The van der Waals surface area contributed by atoms with Crippen molar-refractivity contribution in [2.24, 2.45) is 17.8 Å². The summed E-state index contributed by atoms with van der Waals surface area (Å²) < 4.78 is 0. The van der Waals surface area contributed by atoms with Gasteiger partial charge in [-0.25, -0.2) is 0 Å². The van der Waals surface area contributed by atoms with Crippen molar-refractivity contribution in [1.29, 1.82) is 0 Å².